The molecule has 3 aromatic rings. The fourth-order valence-electron chi connectivity index (χ4n) is 1.90. The van der Waals surface area contributed by atoms with Gasteiger partial charge < -0.3 is 5.73 Å². The Bertz CT molecular complexity index is 779. The first-order valence-electron chi connectivity index (χ1n) is 5.78. The van der Waals surface area contributed by atoms with Gasteiger partial charge in [0.15, 0.2) is 0 Å². The number of aromatic nitrogens is 1. The number of hydrogen-bond acceptors (Lipinski definition) is 5. The van der Waals surface area contributed by atoms with Crippen LogP contribution in [-0.4, -0.2) is 4.98 Å². The molecule has 0 saturated heterocycles. The summed E-state index contributed by atoms with van der Waals surface area (Å²) in [7, 11) is 0. The number of thiazole rings is 1. The molecule has 0 aliphatic rings. The molecular weight excluding hydrogens is 258 g/mol. The molecule has 0 atom stereocenters. The van der Waals surface area contributed by atoms with Gasteiger partial charge in [0.1, 0.15) is 10.7 Å². The van der Waals surface area contributed by atoms with Gasteiger partial charge in [0.05, 0.1) is 10.2 Å². The van der Waals surface area contributed by atoms with Crippen LogP contribution in [0, 0.1) is 11.8 Å². The number of hydrogen-bond donors (Lipinski definition) is 1. The summed E-state index contributed by atoms with van der Waals surface area (Å²) in [6.45, 7) is 1.97. The van der Waals surface area contributed by atoms with Gasteiger partial charge in [-0.05, 0) is 54.1 Å². The third kappa shape index (κ3) is 2.08. The van der Waals surface area contributed by atoms with Gasteiger partial charge in [0, 0.05) is 11.3 Å². The van der Waals surface area contributed by atoms with Crippen LogP contribution >= 0.6 is 11.3 Å². The smallest absolute Gasteiger partial charge is 0.124 e. The van der Waals surface area contributed by atoms with Gasteiger partial charge in [-0.25, -0.2) is 4.98 Å². The highest BCUT2D eigenvalue weighted by Gasteiger charge is 2.08. The summed E-state index contributed by atoms with van der Waals surface area (Å²) in [5.41, 5.74) is 9.96. The normalized spacial score (nSPS) is 10.8. The lowest BCUT2D eigenvalue weighted by Crippen LogP contribution is -1.89. The molecule has 0 fully saturated rings. The van der Waals surface area contributed by atoms with E-state index in [-0.39, 0.29) is 0 Å². The lowest BCUT2D eigenvalue weighted by Gasteiger charge is -2.01. The monoisotopic (exact) mass is 269 g/mol. The van der Waals surface area contributed by atoms with E-state index in [2.05, 4.69) is 10.2 Å². The molecular formula is C14H11N3OS. The first kappa shape index (κ1) is 11.8. The van der Waals surface area contributed by atoms with Crippen LogP contribution in [0.2, 0.25) is 0 Å². The van der Waals surface area contributed by atoms with Gasteiger partial charge >= 0.3 is 0 Å². The van der Waals surface area contributed by atoms with Gasteiger partial charge in [-0.1, -0.05) is 0 Å². The molecule has 94 valence electrons. The first-order valence-corrected chi connectivity index (χ1v) is 6.59. The predicted molar refractivity (Wildman–Crippen MR) is 79.7 cm³/mol. The minimum Gasteiger partial charge on any atom is -0.399 e. The Morgan fingerprint density at radius 1 is 1.21 bits per heavy atom. The van der Waals surface area contributed by atoms with Crippen LogP contribution in [0.5, 0.6) is 0 Å². The SMILES string of the molecule is Cc1cc(-c2nc3ccc(N=O)cc3s2)ccc1N. The van der Waals surface area contributed by atoms with Crippen molar-refractivity contribution < 1.29 is 0 Å². The molecule has 3 rings (SSSR count). The molecule has 2 N–H and O–H groups in total. The van der Waals surface area contributed by atoms with E-state index < -0.39 is 0 Å². The fourth-order valence-corrected chi connectivity index (χ4v) is 2.90. The van der Waals surface area contributed by atoms with E-state index in [9.17, 15) is 4.91 Å². The number of fused-ring (bicyclic) bond motifs is 1. The van der Waals surface area contributed by atoms with Crippen molar-refractivity contribution in [3.05, 3.63) is 46.9 Å². The van der Waals surface area contributed by atoms with E-state index >= 15 is 0 Å². The summed E-state index contributed by atoms with van der Waals surface area (Å²) in [5, 5.41) is 3.86. The third-order valence-corrected chi connectivity index (χ3v) is 4.06. The summed E-state index contributed by atoms with van der Waals surface area (Å²) in [6, 6.07) is 11.1. The van der Waals surface area contributed by atoms with Crippen molar-refractivity contribution >= 4 is 32.9 Å². The van der Waals surface area contributed by atoms with Crippen LogP contribution in [-0.2, 0) is 0 Å². The van der Waals surface area contributed by atoms with Crippen LogP contribution in [0.25, 0.3) is 20.8 Å². The van der Waals surface area contributed by atoms with Crippen molar-refractivity contribution in [3.63, 3.8) is 0 Å². The summed E-state index contributed by atoms with van der Waals surface area (Å²) in [4.78, 5) is 15.1. The zero-order valence-corrected chi connectivity index (χ0v) is 11.1. The predicted octanol–water partition coefficient (Wildman–Crippen LogP) is 4.25. The minimum atomic E-state index is 0.427. The molecule has 0 amide bonds. The first-order chi connectivity index (χ1) is 9.17. The van der Waals surface area contributed by atoms with E-state index in [1.807, 2.05) is 31.2 Å². The van der Waals surface area contributed by atoms with Gasteiger partial charge in [-0.3, -0.25) is 0 Å². The van der Waals surface area contributed by atoms with Crippen molar-refractivity contribution in [1.82, 2.24) is 4.98 Å². The van der Waals surface area contributed by atoms with Crippen molar-refractivity contribution in [3.8, 4) is 10.6 Å². The number of nitrogens with zero attached hydrogens (tertiary/aromatic N) is 2. The van der Waals surface area contributed by atoms with Gasteiger partial charge in [-0.2, -0.15) is 0 Å². The lowest BCUT2D eigenvalue weighted by atomic mass is 10.1. The van der Waals surface area contributed by atoms with Gasteiger partial charge in [0.25, 0.3) is 0 Å². The molecule has 0 saturated carbocycles. The van der Waals surface area contributed by atoms with Crippen molar-refractivity contribution in [2.75, 3.05) is 5.73 Å². The maximum atomic E-state index is 10.5. The van der Waals surface area contributed by atoms with Crippen molar-refractivity contribution in [2.45, 2.75) is 6.92 Å². The quantitative estimate of drug-likeness (QED) is 0.558. The Morgan fingerprint density at radius 3 is 2.79 bits per heavy atom. The zero-order valence-electron chi connectivity index (χ0n) is 10.3. The Kier molecular flexibility index (Phi) is 2.76. The Labute approximate surface area is 113 Å². The number of nitroso groups, excluding NO2 is 1. The molecule has 0 spiro atoms. The van der Waals surface area contributed by atoms with Crippen LogP contribution in [0.3, 0.4) is 0 Å². The van der Waals surface area contributed by atoms with Crippen LogP contribution in [0.1, 0.15) is 5.56 Å². The summed E-state index contributed by atoms with van der Waals surface area (Å²) in [5.74, 6) is 0. The van der Waals surface area contributed by atoms with E-state index in [1.54, 1.807) is 23.5 Å². The average Bonchev–Trinajstić information content (AvgIpc) is 2.84. The molecule has 0 aliphatic carbocycles. The van der Waals surface area contributed by atoms with E-state index in [0.29, 0.717) is 5.69 Å². The molecule has 0 aliphatic heterocycles. The topological polar surface area (TPSA) is 68.3 Å². The van der Waals surface area contributed by atoms with E-state index in [4.69, 9.17) is 5.73 Å². The minimum absolute atomic E-state index is 0.427. The Balaban J connectivity index is 2.14. The molecule has 1 aromatic heterocycles. The highest BCUT2D eigenvalue weighted by molar-refractivity contribution is 7.21. The van der Waals surface area contributed by atoms with Crippen LogP contribution in [0.4, 0.5) is 11.4 Å². The maximum Gasteiger partial charge on any atom is 0.124 e. The number of nitrogens with two attached hydrogens (primary N) is 1. The van der Waals surface area contributed by atoms with Gasteiger partial charge in [-0.15, -0.1) is 16.2 Å². The second kappa shape index (κ2) is 4.44. The number of rotatable bonds is 2. The largest absolute Gasteiger partial charge is 0.399 e. The van der Waals surface area contributed by atoms with Gasteiger partial charge in [0.2, 0.25) is 0 Å². The second-order valence-electron chi connectivity index (χ2n) is 4.33. The molecule has 0 radical (unpaired) electrons. The lowest BCUT2D eigenvalue weighted by molar-refractivity contribution is 1.43. The number of nitrogen functional groups attached to an aromatic ring is 1. The summed E-state index contributed by atoms with van der Waals surface area (Å²) < 4.78 is 0.960. The number of benzene rings is 2. The van der Waals surface area contributed by atoms with Crippen LogP contribution in [0.15, 0.2) is 41.6 Å². The average molecular weight is 269 g/mol. The van der Waals surface area contributed by atoms with Crippen LogP contribution < -0.4 is 5.73 Å². The molecule has 4 nitrogen and oxygen atoms in total. The molecule has 2 aromatic carbocycles. The standard InChI is InChI=1S/C14H11N3OS/c1-8-6-9(2-4-11(8)15)14-16-12-5-3-10(17-18)7-13(12)19-14/h2-7H,15H2,1H3. The van der Waals surface area contributed by atoms with Crippen molar-refractivity contribution in [2.24, 2.45) is 5.18 Å². The highest BCUT2D eigenvalue weighted by Crippen LogP contribution is 2.33. The fraction of sp³-hybridized carbons (Fsp3) is 0.0714. The zero-order chi connectivity index (χ0) is 13.4. The number of anilines is 1. The summed E-state index contributed by atoms with van der Waals surface area (Å²) in [6.07, 6.45) is 0. The van der Waals surface area contributed by atoms with Crippen molar-refractivity contribution in [1.29, 1.82) is 0 Å². The molecule has 19 heavy (non-hydrogen) atoms. The highest BCUT2D eigenvalue weighted by atomic mass is 32.1. The van der Waals surface area contributed by atoms with E-state index in [1.165, 1.54) is 0 Å². The third-order valence-electron chi connectivity index (χ3n) is 2.99. The maximum absolute atomic E-state index is 10.5. The number of aryl methyl sites for hydroxylation is 1. The second-order valence-corrected chi connectivity index (χ2v) is 5.36. The molecule has 1 heterocycles. The summed E-state index contributed by atoms with van der Waals surface area (Å²) >= 11 is 1.54. The molecule has 0 bridgehead atoms. The molecule has 5 heteroatoms. The van der Waals surface area contributed by atoms with E-state index in [0.717, 1.165) is 32.0 Å². The Morgan fingerprint density at radius 2 is 2.05 bits per heavy atom. The Hall–Kier alpha value is -2.27. The molecule has 0 unspecified atom stereocenters.